The predicted molar refractivity (Wildman–Crippen MR) is 134 cm³/mol. The van der Waals surface area contributed by atoms with Crippen LogP contribution in [0.25, 0.3) is 0 Å². The van der Waals surface area contributed by atoms with E-state index in [9.17, 15) is 8.42 Å². The molecule has 2 aromatic rings. The maximum Gasteiger partial charge on any atom is 0.191 e. The monoisotopic (exact) mass is 545 g/mol. The summed E-state index contributed by atoms with van der Waals surface area (Å²) < 4.78 is 28.5. The molecular weight excluding hydrogens is 513 g/mol. The van der Waals surface area contributed by atoms with Gasteiger partial charge in [-0.1, -0.05) is 37.3 Å². The van der Waals surface area contributed by atoms with Gasteiger partial charge in [0.1, 0.15) is 5.75 Å². The molecule has 0 saturated heterocycles. The van der Waals surface area contributed by atoms with Crippen LogP contribution in [0.15, 0.2) is 58.4 Å². The summed E-state index contributed by atoms with van der Waals surface area (Å²) in [6, 6.07) is 15.0. The minimum atomic E-state index is -3.16. The standard InChI is InChI=1S/C22H31N3O3S.HI/c1-5-23-22(25-16-17(2)20-8-6-7-9-21(20)28-3)24-15-14-18-10-12-19(13-11-18)29(4,26)27;/h6-13,17H,5,14-16H2,1-4H3,(H2,23,24,25);1H. The zero-order valence-electron chi connectivity index (χ0n) is 18.0. The first-order valence-electron chi connectivity index (χ1n) is 9.79. The zero-order chi connectivity index (χ0) is 21.3. The SMILES string of the molecule is CCNC(=NCC(C)c1ccccc1OC)NCCc1ccc(S(C)(=O)=O)cc1.I. The molecule has 0 aliphatic rings. The van der Waals surface area contributed by atoms with Gasteiger partial charge in [0.15, 0.2) is 15.8 Å². The van der Waals surface area contributed by atoms with Crippen LogP contribution < -0.4 is 15.4 Å². The molecule has 0 bridgehead atoms. The summed E-state index contributed by atoms with van der Waals surface area (Å²) in [5.74, 6) is 1.87. The Bertz CT molecular complexity index is 915. The molecule has 0 spiro atoms. The lowest BCUT2D eigenvalue weighted by Crippen LogP contribution is -2.38. The van der Waals surface area contributed by atoms with E-state index in [2.05, 4.69) is 23.6 Å². The van der Waals surface area contributed by atoms with Gasteiger partial charge in [-0.25, -0.2) is 8.42 Å². The van der Waals surface area contributed by atoms with Crippen molar-refractivity contribution in [3.63, 3.8) is 0 Å². The highest BCUT2D eigenvalue weighted by atomic mass is 127. The Hall–Kier alpha value is -1.81. The number of hydrogen-bond donors (Lipinski definition) is 2. The van der Waals surface area contributed by atoms with Crippen molar-refractivity contribution in [1.29, 1.82) is 0 Å². The molecule has 0 heterocycles. The summed E-state index contributed by atoms with van der Waals surface area (Å²) >= 11 is 0. The van der Waals surface area contributed by atoms with E-state index in [0.717, 1.165) is 35.8 Å². The van der Waals surface area contributed by atoms with Crippen LogP contribution in [0.5, 0.6) is 5.75 Å². The van der Waals surface area contributed by atoms with Crippen molar-refractivity contribution >= 4 is 39.8 Å². The fourth-order valence-electron chi connectivity index (χ4n) is 2.97. The van der Waals surface area contributed by atoms with E-state index in [1.165, 1.54) is 6.26 Å². The van der Waals surface area contributed by atoms with E-state index in [-0.39, 0.29) is 29.9 Å². The molecule has 30 heavy (non-hydrogen) atoms. The Morgan fingerprint density at radius 1 is 1.10 bits per heavy atom. The topological polar surface area (TPSA) is 79.8 Å². The molecule has 2 rings (SSSR count). The smallest absolute Gasteiger partial charge is 0.191 e. The number of nitrogens with zero attached hydrogens (tertiary/aromatic N) is 1. The largest absolute Gasteiger partial charge is 0.496 e. The zero-order valence-corrected chi connectivity index (χ0v) is 21.2. The number of aliphatic imine (C=N–C) groups is 1. The third-order valence-electron chi connectivity index (χ3n) is 4.59. The van der Waals surface area contributed by atoms with Gasteiger partial charge >= 0.3 is 0 Å². The first-order valence-corrected chi connectivity index (χ1v) is 11.7. The van der Waals surface area contributed by atoms with E-state index in [1.54, 1.807) is 19.2 Å². The average molecular weight is 545 g/mol. The highest BCUT2D eigenvalue weighted by molar-refractivity contribution is 14.0. The van der Waals surface area contributed by atoms with E-state index in [4.69, 9.17) is 9.73 Å². The van der Waals surface area contributed by atoms with Gasteiger partial charge in [-0.05, 0) is 42.7 Å². The van der Waals surface area contributed by atoms with Crippen molar-refractivity contribution in [3.05, 3.63) is 59.7 Å². The number of methoxy groups -OCH3 is 1. The summed E-state index contributed by atoms with van der Waals surface area (Å²) in [5, 5.41) is 6.60. The molecule has 0 fully saturated rings. The van der Waals surface area contributed by atoms with E-state index in [0.29, 0.717) is 18.0 Å². The van der Waals surface area contributed by atoms with E-state index in [1.807, 2.05) is 37.3 Å². The molecule has 0 aliphatic heterocycles. The third-order valence-corrected chi connectivity index (χ3v) is 5.72. The molecule has 6 nitrogen and oxygen atoms in total. The molecular formula is C22H32IN3O3S. The summed E-state index contributed by atoms with van der Waals surface area (Å²) in [4.78, 5) is 5.04. The van der Waals surface area contributed by atoms with Crippen molar-refractivity contribution in [2.75, 3.05) is 33.0 Å². The fraction of sp³-hybridized carbons (Fsp3) is 0.409. The van der Waals surface area contributed by atoms with Gasteiger partial charge in [-0.15, -0.1) is 24.0 Å². The van der Waals surface area contributed by atoms with Crippen LogP contribution in [0.1, 0.15) is 30.9 Å². The Kier molecular flexibility index (Phi) is 11.2. The third kappa shape index (κ3) is 8.14. The highest BCUT2D eigenvalue weighted by Gasteiger charge is 2.11. The van der Waals surface area contributed by atoms with Crippen LogP contribution >= 0.6 is 24.0 Å². The molecule has 1 atom stereocenters. The number of hydrogen-bond acceptors (Lipinski definition) is 4. The number of rotatable bonds is 9. The highest BCUT2D eigenvalue weighted by Crippen LogP contribution is 2.26. The number of halogens is 1. The van der Waals surface area contributed by atoms with Gasteiger partial charge in [0.05, 0.1) is 12.0 Å². The maximum atomic E-state index is 11.5. The van der Waals surface area contributed by atoms with Crippen molar-refractivity contribution in [3.8, 4) is 5.75 Å². The second-order valence-electron chi connectivity index (χ2n) is 6.96. The summed E-state index contributed by atoms with van der Waals surface area (Å²) in [6.07, 6.45) is 1.99. The lowest BCUT2D eigenvalue weighted by atomic mass is 10.0. The first-order chi connectivity index (χ1) is 13.8. The first kappa shape index (κ1) is 26.2. The molecule has 0 saturated carbocycles. The van der Waals surface area contributed by atoms with Crippen molar-refractivity contribution in [2.45, 2.75) is 31.1 Å². The second kappa shape index (κ2) is 12.8. The fourth-order valence-corrected chi connectivity index (χ4v) is 3.60. The minimum absolute atomic E-state index is 0. The van der Waals surface area contributed by atoms with Gasteiger partial charge < -0.3 is 15.4 Å². The van der Waals surface area contributed by atoms with Gasteiger partial charge in [0, 0.05) is 31.8 Å². The molecule has 2 N–H and O–H groups in total. The van der Waals surface area contributed by atoms with E-state index >= 15 is 0 Å². The number of nitrogens with one attached hydrogen (secondary N) is 2. The molecule has 0 radical (unpaired) electrons. The molecule has 0 amide bonds. The van der Waals surface area contributed by atoms with E-state index < -0.39 is 9.84 Å². The average Bonchev–Trinajstić information content (AvgIpc) is 2.71. The Morgan fingerprint density at radius 2 is 1.77 bits per heavy atom. The van der Waals surface area contributed by atoms with Crippen molar-refractivity contribution < 1.29 is 13.2 Å². The summed E-state index contributed by atoms with van der Waals surface area (Å²) in [7, 11) is -1.47. The normalized spacial score (nSPS) is 12.6. The molecule has 2 aromatic carbocycles. The quantitative estimate of drug-likeness (QED) is 0.286. The molecule has 0 aliphatic carbocycles. The molecule has 1 unspecified atom stereocenters. The lowest BCUT2D eigenvalue weighted by Gasteiger charge is -2.16. The summed E-state index contributed by atoms with van der Waals surface area (Å²) in [6.45, 7) is 6.28. The molecule has 166 valence electrons. The van der Waals surface area contributed by atoms with Crippen LogP contribution in [-0.4, -0.2) is 47.4 Å². The molecule has 8 heteroatoms. The van der Waals surface area contributed by atoms with Crippen LogP contribution in [0.4, 0.5) is 0 Å². The van der Waals surface area contributed by atoms with Crippen molar-refractivity contribution in [1.82, 2.24) is 10.6 Å². The number of ether oxygens (including phenoxy) is 1. The van der Waals surface area contributed by atoms with Crippen LogP contribution in [0.3, 0.4) is 0 Å². The Labute approximate surface area is 197 Å². The number of para-hydroxylation sites is 1. The van der Waals surface area contributed by atoms with Gasteiger partial charge in [0.2, 0.25) is 0 Å². The number of sulfone groups is 1. The second-order valence-corrected chi connectivity index (χ2v) is 8.97. The Morgan fingerprint density at radius 3 is 2.37 bits per heavy atom. The molecule has 0 aromatic heterocycles. The maximum absolute atomic E-state index is 11.5. The summed E-state index contributed by atoms with van der Waals surface area (Å²) in [5.41, 5.74) is 2.21. The number of guanidine groups is 1. The number of benzene rings is 2. The Balaban J connectivity index is 0.00000450. The van der Waals surface area contributed by atoms with Gasteiger partial charge in [-0.3, -0.25) is 4.99 Å². The lowest BCUT2D eigenvalue weighted by molar-refractivity contribution is 0.407. The van der Waals surface area contributed by atoms with Crippen LogP contribution in [0.2, 0.25) is 0 Å². The van der Waals surface area contributed by atoms with Gasteiger partial charge in [0.25, 0.3) is 0 Å². The van der Waals surface area contributed by atoms with Crippen LogP contribution in [-0.2, 0) is 16.3 Å². The van der Waals surface area contributed by atoms with Crippen molar-refractivity contribution in [2.24, 2.45) is 4.99 Å². The van der Waals surface area contributed by atoms with Gasteiger partial charge in [-0.2, -0.15) is 0 Å². The van der Waals surface area contributed by atoms with Crippen LogP contribution in [0, 0.1) is 0 Å². The predicted octanol–water partition coefficient (Wildman–Crippen LogP) is 3.62. The minimum Gasteiger partial charge on any atom is -0.496 e.